The molecule has 0 heterocycles. The normalized spacial score (nSPS) is 12.0. The number of rotatable bonds is 6. The van der Waals surface area contributed by atoms with E-state index in [1.165, 1.54) is 6.07 Å². The van der Waals surface area contributed by atoms with Crippen molar-refractivity contribution in [3.8, 4) is 0 Å². The first-order valence-electron chi connectivity index (χ1n) is 7.12. The van der Waals surface area contributed by atoms with Crippen molar-refractivity contribution in [3.05, 3.63) is 59.7 Å². The van der Waals surface area contributed by atoms with Crippen molar-refractivity contribution in [3.63, 3.8) is 0 Å². The standard InChI is InChI=1S/C17H18F2N2OS/c1-11(12-7-8-13(18)14(19)9-12)20-10-17(22)21-15-5-3-4-6-16(15)23-2/h3-9,11,20H,10H2,1-2H3,(H,21,22)/t11-/m0/s1. The predicted octanol–water partition coefficient (Wildman–Crippen LogP) is 3.98. The fourth-order valence-corrected chi connectivity index (χ4v) is 2.64. The number of benzene rings is 2. The third-order valence-corrected chi connectivity index (χ3v) is 4.19. The molecule has 0 aliphatic carbocycles. The summed E-state index contributed by atoms with van der Waals surface area (Å²) in [6.07, 6.45) is 1.94. The van der Waals surface area contributed by atoms with Gasteiger partial charge in [0, 0.05) is 10.9 Å². The maximum Gasteiger partial charge on any atom is 0.238 e. The van der Waals surface area contributed by atoms with E-state index in [0.717, 1.165) is 22.7 Å². The summed E-state index contributed by atoms with van der Waals surface area (Å²) in [4.78, 5) is 13.0. The monoisotopic (exact) mass is 336 g/mol. The minimum atomic E-state index is -0.894. The number of para-hydroxylation sites is 1. The molecule has 2 rings (SSSR count). The number of thioether (sulfide) groups is 1. The van der Waals surface area contributed by atoms with Crippen molar-refractivity contribution in [1.29, 1.82) is 0 Å². The van der Waals surface area contributed by atoms with Gasteiger partial charge in [0.05, 0.1) is 12.2 Å². The van der Waals surface area contributed by atoms with Crippen LogP contribution in [0.2, 0.25) is 0 Å². The van der Waals surface area contributed by atoms with E-state index < -0.39 is 11.6 Å². The molecule has 0 aliphatic heterocycles. The highest BCUT2D eigenvalue weighted by molar-refractivity contribution is 7.98. The number of amides is 1. The van der Waals surface area contributed by atoms with Gasteiger partial charge >= 0.3 is 0 Å². The molecule has 0 radical (unpaired) electrons. The highest BCUT2D eigenvalue weighted by atomic mass is 32.2. The summed E-state index contributed by atoms with van der Waals surface area (Å²) in [5.74, 6) is -1.97. The highest BCUT2D eigenvalue weighted by Crippen LogP contribution is 2.24. The quantitative estimate of drug-likeness (QED) is 0.784. The van der Waals surface area contributed by atoms with Gasteiger partial charge in [-0.2, -0.15) is 0 Å². The third kappa shape index (κ3) is 4.77. The van der Waals surface area contributed by atoms with Crippen molar-refractivity contribution >= 4 is 23.4 Å². The molecule has 122 valence electrons. The average molecular weight is 336 g/mol. The minimum Gasteiger partial charge on any atom is -0.324 e. The minimum absolute atomic E-state index is 0.0723. The van der Waals surface area contributed by atoms with Crippen molar-refractivity contribution in [2.45, 2.75) is 17.9 Å². The Morgan fingerprint density at radius 1 is 1.17 bits per heavy atom. The lowest BCUT2D eigenvalue weighted by Gasteiger charge is -2.15. The molecule has 1 atom stereocenters. The smallest absolute Gasteiger partial charge is 0.238 e. The molecular weight excluding hydrogens is 318 g/mol. The van der Waals surface area contributed by atoms with Crippen molar-refractivity contribution in [1.82, 2.24) is 5.32 Å². The van der Waals surface area contributed by atoms with Crippen LogP contribution in [0, 0.1) is 11.6 Å². The Morgan fingerprint density at radius 3 is 2.61 bits per heavy atom. The zero-order chi connectivity index (χ0) is 16.8. The summed E-state index contributed by atoms with van der Waals surface area (Å²) in [6.45, 7) is 1.86. The van der Waals surface area contributed by atoms with Crippen molar-refractivity contribution < 1.29 is 13.6 Å². The van der Waals surface area contributed by atoms with Gasteiger partial charge in [0.15, 0.2) is 11.6 Å². The summed E-state index contributed by atoms with van der Waals surface area (Å²) in [6, 6.07) is 11.0. The molecule has 0 aliphatic rings. The fourth-order valence-electron chi connectivity index (χ4n) is 2.09. The average Bonchev–Trinajstić information content (AvgIpc) is 2.55. The van der Waals surface area contributed by atoms with E-state index in [4.69, 9.17) is 0 Å². The number of halogens is 2. The second-order valence-corrected chi connectivity index (χ2v) is 5.87. The predicted molar refractivity (Wildman–Crippen MR) is 89.6 cm³/mol. The van der Waals surface area contributed by atoms with Crippen molar-refractivity contribution in [2.24, 2.45) is 0 Å². The molecule has 0 saturated heterocycles. The summed E-state index contributed by atoms with van der Waals surface area (Å²) in [7, 11) is 0. The molecule has 23 heavy (non-hydrogen) atoms. The molecule has 1 amide bonds. The number of anilines is 1. The zero-order valence-corrected chi connectivity index (χ0v) is 13.7. The number of carbonyl (C=O) groups is 1. The second kappa shape index (κ2) is 8.08. The zero-order valence-electron chi connectivity index (χ0n) is 12.9. The molecule has 3 nitrogen and oxygen atoms in total. The SMILES string of the molecule is CSc1ccccc1NC(=O)CN[C@@H](C)c1ccc(F)c(F)c1. The Balaban J connectivity index is 1.92. The fraction of sp³-hybridized carbons (Fsp3) is 0.235. The van der Waals surface area contributed by atoms with Crippen molar-refractivity contribution in [2.75, 3.05) is 18.1 Å². The van der Waals surface area contributed by atoms with Gasteiger partial charge in [0.25, 0.3) is 0 Å². The Morgan fingerprint density at radius 2 is 1.91 bits per heavy atom. The molecule has 0 aromatic heterocycles. The molecule has 0 fully saturated rings. The number of carbonyl (C=O) groups excluding carboxylic acids is 1. The molecule has 0 spiro atoms. The van der Waals surface area contributed by atoms with Crippen LogP contribution in [0.15, 0.2) is 47.4 Å². The van der Waals surface area contributed by atoms with Crippen LogP contribution >= 0.6 is 11.8 Å². The molecule has 2 N–H and O–H groups in total. The Bertz CT molecular complexity index is 694. The third-order valence-electron chi connectivity index (χ3n) is 3.39. The first-order chi connectivity index (χ1) is 11.0. The summed E-state index contributed by atoms with van der Waals surface area (Å²) >= 11 is 1.55. The summed E-state index contributed by atoms with van der Waals surface area (Å²) in [5, 5.41) is 5.83. The lowest BCUT2D eigenvalue weighted by molar-refractivity contribution is -0.115. The van der Waals surface area contributed by atoms with Gasteiger partial charge in [-0.3, -0.25) is 4.79 Å². The topological polar surface area (TPSA) is 41.1 Å². The summed E-state index contributed by atoms with van der Waals surface area (Å²) < 4.78 is 26.2. The van der Waals surface area contributed by atoms with Gasteiger partial charge < -0.3 is 10.6 Å². The van der Waals surface area contributed by atoms with Crippen LogP contribution in [-0.4, -0.2) is 18.7 Å². The van der Waals surface area contributed by atoms with Crippen LogP contribution < -0.4 is 10.6 Å². The number of hydrogen-bond donors (Lipinski definition) is 2. The van der Waals surface area contributed by atoms with Crippen LogP contribution in [-0.2, 0) is 4.79 Å². The van der Waals surface area contributed by atoms with Gasteiger partial charge in [-0.25, -0.2) is 8.78 Å². The molecule has 2 aromatic carbocycles. The molecule has 0 unspecified atom stereocenters. The molecule has 0 bridgehead atoms. The molecule has 6 heteroatoms. The molecular formula is C17H18F2N2OS. The Labute approximate surface area is 138 Å². The van der Waals surface area contributed by atoms with E-state index in [2.05, 4.69) is 10.6 Å². The highest BCUT2D eigenvalue weighted by Gasteiger charge is 2.11. The number of nitrogens with one attached hydrogen (secondary N) is 2. The van der Waals surface area contributed by atoms with E-state index in [1.807, 2.05) is 30.5 Å². The van der Waals surface area contributed by atoms with Gasteiger partial charge in [0.2, 0.25) is 5.91 Å². The molecule has 0 saturated carbocycles. The van der Waals surface area contributed by atoms with E-state index in [-0.39, 0.29) is 18.5 Å². The first-order valence-corrected chi connectivity index (χ1v) is 8.35. The lowest BCUT2D eigenvalue weighted by atomic mass is 10.1. The molecule has 2 aromatic rings. The van der Waals surface area contributed by atoms with Crippen LogP contribution in [0.1, 0.15) is 18.5 Å². The van der Waals surface area contributed by atoms with E-state index in [9.17, 15) is 13.6 Å². The first kappa shape index (κ1) is 17.4. The number of hydrogen-bond acceptors (Lipinski definition) is 3. The van der Waals surface area contributed by atoms with Gasteiger partial charge in [-0.15, -0.1) is 11.8 Å². The Hall–Kier alpha value is -1.92. The lowest BCUT2D eigenvalue weighted by Crippen LogP contribution is -2.30. The van der Waals surface area contributed by atoms with Crippen LogP contribution in [0.25, 0.3) is 0 Å². The van der Waals surface area contributed by atoms with Gasteiger partial charge in [-0.05, 0) is 43.0 Å². The van der Waals surface area contributed by atoms with E-state index >= 15 is 0 Å². The maximum atomic E-state index is 13.2. The van der Waals surface area contributed by atoms with Gasteiger partial charge in [0.1, 0.15) is 0 Å². The van der Waals surface area contributed by atoms with E-state index in [0.29, 0.717) is 5.56 Å². The largest absolute Gasteiger partial charge is 0.324 e. The van der Waals surface area contributed by atoms with Gasteiger partial charge in [-0.1, -0.05) is 18.2 Å². The second-order valence-electron chi connectivity index (χ2n) is 5.02. The maximum absolute atomic E-state index is 13.2. The van der Waals surface area contributed by atoms with Crippen LogP contribution in [0.5, 0.6) is 0 Å². The van der Waals surface area contributed by atoms with E-state index in [1.54, 1.807) is 18.7 Å². The van der Waals surface area contributed by atoms with Crippen LogP contribution in [0.3, 0.4) is 0 Å². The van der Waals surface area contributed by atoms with Crippen LogP contribution in [0.4, 0.5) is 14.5 Å². The Kier molecular flexibility index (Phi) is 6.12. The summed E-state index contributed by atoms with van der Waals surface area (Å²) in [5.41, 5.74) is 1.34.